The van der Waals surface area contributed by atoms with E-state index in [0.29, 0.717) is 6.42 Å². The van der Waals surface area contributed by atoms with Gasteiger partial charge in [-0.25, -0.2) is 4.68 Å². The van der Waals surface area contributed by atoms with Crippen molar-refractivity contribution >= 4 is 5.78 Å². The van der Waals surface area contributed by atoms with Crippen LogP contribution in [-0.4, -0.2) is 21.7 Å². The molecule has 2 aromatic carbocycles. The normalized spacial score (nSPS) is 18.8. The van der Waals surface area contributed by atoms with Gasteiger partial charge in [0.05, 0.1) is 11.4 Å². The van der Waals surface area contributed by atoms with Gasteiger partial charge in [-0.15, -0.1) is 0 Å². The van der Waals surface area contributed by atoms with Crippen molar-refractivity contribution in [1.82, 2.24) is 9.78 Å². The van der Waals surface area contributed by atoms with Crippen LogP contribution in [0.25, 0.3) is 5.69 Å². The number of ether oxygens (including phenoxy) is 1. The lowest BCUT2D eigenvalue weighted by molar-refractivity contribution is -0.119. The van der Waals surface area contributed by atoms with Crippen molar-refractivity contribution < 1.29 is 9.53 Å². The molecular formula is C22H22N2O2. The van der Waals surface area contributed by atoms with Crippen molar-refractivity contribution in [1.29, 1.82) is 0 Å². The van der Waals surface area contributed by atoms with E-state index in [9.17, 15) is 4.79 Å². The molecule has 1 aliphatic heterocycles. The molecule has 0 N–H and O–H groups in total. The Balaban J connectivity index is 1.78. The van der Waals surface area contributed by atoms with E-state index < -0.39 is 0 Å². The molecule has 0 unspecified atom stereocenters. The van der Waals surface area contributed by atoms with Crippen LogP contribution in [0.1, 0.15) is 36.1 Å². The third kappa shape index (κ3) is 3.03. The summed E-state index contributed by atoms with van der Waals surface area (Å²) in [5.74, 6) is 1.06. The van der Waals surface area contributed by atoms with E-state index in [1.165, 1.54) is 5.56 Å². The summed E-state index contributed by atoms with van der Waals surface area (Å²) in [5, 5.41) is 4.71. The minimum Gasteiger partial charge on any atom is -0.473 e. The van der Waals surface area contributed by atoms with Gasteiger partial charge in [0, 0.05) is 17.9 Å². The van der Waals surface area contributed by atoms with E-state index in [2.05, 4.69) is 12.1 Å². The number of fused-ring (bicyclic) bond motifs is 1. The third-order valence-electron chi connectivity index (χ3n) is 4.99. The molecule has 26 heavy (non-hydrogen) atoms. The Labute approximate surface area is 153 Å². The number of rotatable bonds is 4. The lowest BCUT2D eigenvalue weighted by Gasteiger charge is -2.32. The Bertz CT molecular complexity index is 916. The summed E-state index contributed by atoms with van der Waals surface area (Å²) >= 11 is 0. The number of hydrogen-bond donors (Lipinski definition) is 0. The smallest absolute Gasteiger partial charge is 0.220 e. The first-order valence-corrected chi connectivity index (χ1v) is 8.98. The number of Topliss-reactive ketones (excluding diaryl/α,β-unsaturated/α-hetero) is 1. The number of aryl methyl sites for hydroxylation is 1. The Morgan fingerprint density at radius 1 is 1.12 bits per heavy atom. The zero-order valence-electron chi connectivity index (χ0n) is 15.1. The van der Waals surface area contributed by atoms with Gasteiger partial charge in [0.1, 0.15) is 11.9 Å². The van der Waals surface area contributed by atoms with Gasteiger partial charge in [0.15, 0.2) is 0 Å². The zero-order valence-corrected chi connectivity index (χ0v) is 15.1. The molecule has 2 atom stereocenters. The van der Waals surface area contributed by atoms with Crippen molar-refractivity contribution in [3.63, 3.8) is 0 Å². The van der Waals surface area contributed by atoms with Crippen LogP contribution in [0.5, 0.6) is 5.88 Å². The molecule has 0 fully saturated rings. The standard InChI is InChI=1S/C22H22N2O2/c1-15(25)13-21-20(17-9-5-3-6-10-17)14-19-16(2)23-24(22(19)26-21)18-11-7-4-8-12-18/h3-12,20-21H,13-14H2,1-2H3/t20-,21+/m1/s1. The number of carbonyl (C=O) groups is 1. The van der Waals surface area contributed by atoms with Gasteiger partial charge < -0.3 is 4.74 Å². The highest BCUT2D eigenvalue weighted by Gasteiger charge is 2.36. The van der Waals surface area contributed by atoms with Gasteiger partial charge in [-0.1, -0.05) is 48.5 Å². The Kier molecular flexibility index (Phi) is 4.33. The molecule has 2 heterocycles. The molecule has 0 aliphatic carbocycles. The molecule has 1 aromatic heterocycles. The monoisotopic (exact) mass is 346 g/mol. The first-order chi connectivity index (χ1) is 12.6. The van der Waals surface area contributed by atoms with E-state index in [4.69, 9.17) is 9.84 Å². The second kappa shape index (κ2) is 6.79. The molecule has 0 bridgehead atoms. The number of para-hydroxylation sites is 1. The van der Waals surface area contributed by atoms with Gasteiger partial charge in [-0.05, 0) is 38.0 Å². The maximum absolute atomic E-state index is 11.9. The fourth-order valence-electron chi connectivity index (χ4n) is 3.72. The topological polar surface area (TPSA) is 44.1 Å². The van der Waals surface area contributed by atoms with Crippen LogP contribution in [0.3, 0.4) is 0 Å². The molecule has 4 rings (SSSR count). The molecule has 0 saturated heterocycles. The maximum Gasteiger partial charge on any atom is 0.220 e. The predicted octanol–water partition coefficient (Wildman–Crippen LogP) is 4.25. The first kappa shape index (κ1) is 16.6. The van der Waals surface area contributed by atoms with Crippen molar-refractivity contribution in [3.8, 4) is 11.6 Å². The van der Waals surface area contributed by atoms with Crippen LogP contribution in [0.4, 0.5) is 0 Å². The fraction of sp³-hybridized carbons (Fsp3) is 0.273. The lowest BCUT2D eigenvalue weighted by Crippen LogP contribution is -2.33. The number of carbonyl (C=O) groups excluding carboxylic acids is 1. The largest absolute Gasteiger partial charge is 0.473 e. The second-order valence-electron chi connectivity index (χ2n) is 6.90. The zero-order chi connectivity index (χ0) is 18.1. The Morgan fingerprint density at radius 2 is 1.77 bits per heavy atom. The molecule has 4 heteroatoms. The van der Waals surface area contributed by atoms with Gasteiger partial charge in [-0.2, -0.15) is 5.10 Å². The Morgan fingerprint density at radius 3 is 2.42 bits per heavy atom. The molecule has 0 amide bonds. The first-order valence-electron chi connectivity index (χ1n) is 8.98. The average molecular weight is 346 g/mol. The van der Waals surface area contributed by atoms with Crippen LogP contribution in [-0.2, 0) is 11.2 Å². The molecule has 0 radical (unpaired) electrons. The second-order valence-corrected chi connectivity index (χ2v) is 6.90. The van der Waals surface area contributed by atoms with Gasteiger partial charge >= 0.3 is 0 Å². The van der Waals surface area contributed by atoms with Gasteiger partial charge in [-0.3, -0.25) is 4.79 Å². The van der Waals surface area contributed by atoms with Crippen LogP contribution >= 0.6 is 0 Å². The fourth-order valence-corrected chi connectivity index (χ4v) is 3.72. The minimum atomic E-state index is -0.180. The van der Waals surface area contributed by atoms with Crippen molar-refractivity contribution in [2.24, 2.45) is 0 Å². The lowest BCUT2D eigenvalue weighted by atomic mass is 9.83. The molecule has 0 saturated carbocycles. The molecule has 0 spiro atoms. The predicted molar refractivity (Wildman–Crippen MR) is 101 cm³/mol. The van der Waals surface area contributed by atoms with E-state index in [-0.39, 0.29) is 17.8 Å². The highest BCUT2D eigenvalue weighted by Crippen LogP contribution is 2.40. The van der Waals surface area contributed by atoms with Crippen molar-refractivity contribution in [2.75, 3.05) is 0 Å². The van der Waals surface area contributed by atoms with E-state index in [0.717, 1.165) is 29.2 Å². The molecule has 132 valence electrons. The molecular weight excluding hydrogens is 324 g/mol. The number of aromatic nitrogens is 2. The molecule has 1 aliphatic rings. The van der Waals surface area contributed by atoms with Crippen molar-refractivity contribution in [2.45, 2.75) is 38.7 Å². The van der Waals surface area contributed by atoms with Crippen LogP contribution < -0.4 is 4.74 Å². The quantitative estimate of drug-likeness (QED) is 0.709. The van der Waals surface area contributed by atoms with Crippen LogP contribution in [0, 0.1) is 6.92 Å². The van der Waals surface area contributed by atoms with Crippen LogP contribution in [0.15, 0.2) is 60.7 Å². The number of nitrogens with zero attached hydrogens (tertiary/aromatic N) is 2. The summed E-state index contributed by atoms with van der Waals surface area (Å²) in [6.45, 7) is 3.65. The molecule has 4 nitrogen and oxygen atoms in total. The summed E-state index contributed by atoms with van der Waals surface area (Å²) < 4.78 is 8.26. The van der Waals surface area contributed by atoms with Crippen molar-refractivity contribution in [3.05, 3.63) is 77.5 Å². The number of ketones is 1. The van der Waals surface area contributed by atoms with Crippen LogP contribution in [0.2, 0.25) is 0 Å². The van der Waals surface area contributed by atoms with E-state index >= 15 is 0 Å². The summed E-state index contributed by atoms with van der Waals surface area (Å²) in [7, 11) is 0. The maximum atomic E-state index is 11.9. The summed E-state index contributed by atoms with van der Waals surface area (Å²) in [6.07, 6.45) is 1.05. The highest BCUT2D eigenvalue weighted by molar-refractivity contribution is 5.76. The average Bonchev–Trinajstić information content (AvgIpc) is 2.98. The summed E-state index contributed by atoms with van der Waals surface area (Å²) in [5.41, 5.74) is 4.28. The SMILES string of the molecule is CC(=O)C[C@@H]1Oc2c(c(C)nn2-c2ccccc2)C[C@@H]1c1ccccc1. The third-order valence-corrected chi connectivity index (χ3v) is 4.99. The minimum absolute atomic E-state index is 0.141. The summed E-state index contributed by atoms with van der Waals surface area (Å²) in [4.78, 5) is 11.9. The number of benzene rings is 2. The van der Waals surface area contributed by atoms with Gasteiger partial charge in [0.2, 0.25) is 5.88 Å². The van der Waals surface area contributed by atoms with Gasteiger partial charge in [0.25, 0.3) is 0 Å². The van der Waals surface area contributed by atoms with E-state index in [1.54, 1.807) is 6.92 Å². The highest BCUT2D eigenvalue weighted by atomic mass is 16.5. The number of hydrogen-bond acceptors (Lipinski definition) is 3. The Hall–Kier alpha value is -2.88. The van der Waals surface area contributed by atoms with E-state index in [1.807, 2.05) is 60.1 Å². The summed E-state index contributed by atoms with van der Waals surface area (Å²) in [6, 6.07) is 20.3. The molecule has 3 aromatic rings.